The van der Waals surface area contributed by atoms with E-state index in [-0.39, 0.29) is 17.8 Å². The molecule has 220 valence electrons. The Hall–Kier alpha value is -2.52. The van der Waals surface area contributed by atoms with Gasteiger partial charge in [-0.1, -0.05) is 64.7 Å². The number of hydrogen-bond donors (Lipinski definition) is 3. The highest BCUT2D eigenvalue weighted by atomic mass is 16.6. The number of amides is 2. The minimum atomic E-state index is -0.852. The van der Waals surface area contributed by atoms with Gasteiger partial charge in [-0.05, 0) is 52.9 Å². The molecule has 10 nitrogen and oxygen atoms in total. The van der Waals surface area contributed by atoms with Gasteiger partial charge in [0.2, 0.25) is 5.91 Å². The van der Waals surface area contributed by atoms with Crippen LogP contribution in [-0.2, 0) is 19.1 Å². The lowest BCUT2D eigenvalue weighted by molar-refractivity contribution is -0.154. The first-order valence-corrected chi connectivity index (χ1v) is 14.6. The Bertz CT molecular complexity index is 734. The summed E-state index contributed by atoms with van der Waals surface area (Å²) in [4.78, 5) is 44.1. The second kappa shape index (κ2) is 18.7. The van der Waals surface area contributed by atoms with Crippen molar-refractivity contribution in [3.05, 3.63) is 0 Å². The van der Waals surface area contributed by atoms with E-state index in [0.29, 0.717) is 45.4 Å². The number of nitrogens with two attached hydrogens (primary N) is 2. The fourth-order valence-electron chi connectivity index (χ4n) is 4.54. The summed E-state index contributed by atoms with van der Waals surface area (Å²) in [7, 11) is 0. The Morgan fingerprint density at radius 3 is 2.16 bits per heavy atom. The summed E-state index contributed by atoms with van der Waals surface area (Å²) in [5.41, 5.74) is 10.1. The Balaban J connectivity index is 2.53. The average molecular weight is 540 g/mol. The fourth-order valence-corrected chi connectivity index (χ4v) is 4.54. The molecule has 1 fully saturated rings. The van der Waals surface area contributed by atoms with Crippen LogP contribution in [0.2, 0.25) is 0 Å². The molecular formula is C28H53N5O5. The van der Waals surface area contributed by atoms with Gasteiger partial charge >= 0.3 is 12.1 Å². The zero-order chi connectivity index (χ0) is 28.4. The highest BCUT2D eigenvalue weighted by Gasteiger charge is 2.38. The van der Waals surface area contributed by atoms with Crippen molar-refractivity contribution in [2.45, 2.75) is 135 Å². The summed E-state index contributed by atoms with van der Waals surface area (Å²) >= 11 is 0. The summed E-state index contributed by atoms with van der Waals surface area (Å²) in [6, 6.07) is -1.49. The number of unbranched alkanes of at least 4 members (excludes halogenated alkanes) is 9. The number of carbonyl (C=O) groups is 3. The molecule has 0 bridgehead atoms. The van der Waals surface area contributed by atoms with Gasteiger partial charge in [-0.3, -0.25) is 9.79 Å². The maximum Gasteiger partial charge on any atom is 0.408 e. The monoisotopic (exact) mass is 539 g/mol. The number of ether oxygens (including phenoxy) is 2. The number of nitrogens with zero attached hydrogens (tertiary/aromatic N) is 2. The van der Waals surface area contributed by atoms with Crippen LogP contribution in [0.25, 0.3) is 0 Å². The Morgan fingerprint density at radius 1 is 0.974 bits per heavy atom. The molecule has 0 aromatic rings. The summed E-state index contributed by atoms with van der Waals surface area (Å²) in [6.07, 6.45) is 13.4. The van der Waals surface area contributed by atoms with Crippen LogP contribution >= 0.6 is 0 Å². The SMILES string of the molecule is CCCCCCCCCCCCOC(=O)[C@H]1CCCN1C(=O)[C@@H](CCCN=C(N)N)NC(=O)OC(C)(C)C. The summed E-state index contributed by atoms with van der Waals surface area (Å²) < 4.78 is 10.9. The van der Waals surface area contributed by atoms with Gasteiger partial charge in [-0.25, -0.2) is 9.59 Å². The molecule has 0 unspecified atom stereocenters. The molecule has 1 aliphatic heterocycles. The Labute approximate surface area is 229 Å². The van der Waals surface area contributed by atoms with Crippen LogP contribution in [0.1, 0.15) is 118 Å². The van der Waals surface area contributed by atoms with E-state index in [4.69, 9.17) is 20.9 Å². The lowest BCUT2D eigenvalue weighted by Gasteiger charge is -2.29. The number of likely N-dealkylation sites (tertiary alicyclic amines) is 1. The molecule has 0 spiro atoms. The quantitative estimate of drug-likeness (QED) is 0.101. The number of carbonyl (C=O) groups excluding carboxylic acids is 3. The molecule has 5 N–H and O–H groups in total. The van der Waals surface area contributed by atoms with Gasteiger partial charge < -0.3 is 31.2 Å². The molecule has 10 heteroatoms. The van der Waals surface area contributed by atoms with Crippen LogP contribution in [0.5, 0.6) is 0 Å². The largest absolute Gasteiger partial charge is 0.464 e. The van der Waals surface area contributed by atoms with E-state index < -0.39 is 23.8 Å². The third-order valence-electron chi connectivity index (χ3n) is 6.48. The van der Waals surface area contributed by atoms with Crippen molar-refractivity contribution in [3.8, 4) is 0 Å². The van der Waals surface area contributed by atoms with Crippen LogP contribution < -0.4 is 16.8 Å². The van der Waals surface area contributed by atoms with Crippen molar-refractivity contribution >= 4 is 23.9 Å². The maximum atomic E-state index is 13.4. The lowest BCUT2D eigenvalue weighted by Crippen LogP contribution is -2.52. The van der Waals surface area contributed by atoms with E-state index >= 15 is 0 Å². The van der Waals surface area contributed by atoms with Gasteiger partial charge in [0.25, 0.3) is 0 Å². The predicted octanol–water partition coefficient (Wildman–Crippen LogP) is 4.39. The number of hydrogen-bond acceptors (Lipinski definition) is 6. The second-order valence-corrected chi connectivity index (χ2v) is 11.2. The molecule has 1 rings (SSSR count). The molecule has 0 radical (unpaired) electrons. The number of esters is 1. The molecule has 0 aromatic heterocycles. The number of aliphatic imine (C=N–C) groups is 1. The van der Waals surface area contributed by atoms with Gasteiger partial charge in [0.1, 0.15) is 17.7 Å². The van der Waals surface area contributed by atoms with Crippen molar-refractivity contribution in [2.24, 2.45) is 16.5 Å². The second-order valence-electron chi connectivity index (χ2n) is 11.2. The number of rotatable bonds is 18. The molecule has 1 aliphatic rings. The molecule has 0 aromatic carbocycles. The zero-order valence-corrected chi connectivity index (χ0v) is 24.3. The standard InChI is InChI=1S/C28H53N5O5/c1-5-6-7-8-9-10-11-12-13-14-21-37-25(35)23-18-16-20-33(23)24(34)22(17-15-19-31-26(29)30)32-27(36)38-28(2,3)4/h22-23H,5-21H2,1-4H3,(H,32,36)(H4,29,30,31)/t22-,23-/m1/s1. The third kappa shape index (κ3) is 15.0. The van der Waals surface area contributed by atoms with Crippen molar-refractivity contribution < 1.29 is 23.9 Å². The molecule has 0 aliphatic carbocycles. The Kier molecular flexibility index (Phi) is 16.5. The van der Waals surface area contributed by atoms with E-state index in [1.54, 1.807) is 20.8 Å². The first-order valence-electron chi connectivity index (χ1n) is 14.6. The molecule has 38 heavy (non-hydrogen) atoms. The number of guanidine groups is 1. The average Bonchev–Trinajstić information content (AvgIpc) is 3.32. The first kappa shape index (κ1) is 33.5. The smallest absolute Gasteiger partial charge is 0.408 e. The minimum Gasteiger partial charge on any atom is -0.464 e. The van der Waals surface area contributed by atoms with Crippen molar-refractivity contribution in [2.75, 3.05) is 19.7 Å². The normalized spacial score (nSPS) is 16.1. The Morgan fingerprint density at radius 2 is 1.58 bits per heavy atom. The summed E-state index contributed by atoms with van der Waals surface area (Å²) in [5.74, 6) is -0.722. The van der Waals surface area contributed by atoms with Gasteiger partial charge in [0, 0.05) is 13.1 Å². The van der Waals surface area contributed by atoms with Crippen molar-refractivity contribution in [1.82, 2.24) is 10.2 Å². The predicted molar refractivity (Wildman–Crippen MR) is 151 cm³/mol. The molecule has 0 saturated carbocycles. The highest BCUT2D eigenvalue weighted by Crippen LogP contribution is 2.21. The molecular weight excluding hydrogens is 486 g/mol. The number of nitrogens with one attached hydrogen (secondary N) is 1. The number of alkyl carbamates (subject to hydrolysis) is 1. The van der Waals surface area contributed by atoms with Crippen LogP contribution in [0.3, 0.4) is 0 Å². The summed E-state index contributed by atoms with van der Waals surface area (Å²) in [6.45, 7) is 8.63. The van der Waals surface area contributed by atoms with Gasteiger partial charge in [-0.2, -0.15) is 0 Å². The fraction of sp³-hybridized carbons (Fsp3) is 0.857. The zero-order valence-electron chi connectivity index (χ0n) is 24.3. The third-order valence-corrected chi connectivity index (χ3v) is 6.48. The molecule has 2 atom stereocenters. The van der Waals surface area contributed by atoms with E-state index in [1.165, 1.54) is 49.8 Å². The van der Waals surface area contributed by atoms with E-state index in [1.807, 2.05) is 0 Å². The van der Waals surface area contributed by atoms with Crippen molar-refractivity contribution in [1.29, 1.82) is 0 Å². The van der Waals surface area contributed by atoms with Gasteiger partial charge in [-0.15, -0.1) is 0 Å². The highest BCUT2D eigenvalue weighted by molar-refractivity contribution is 5.90. The van der Waals surface area contributed by atoms with E-state index in [2.05, 4.69) is 17.2 Å². The minimum absolute atomic E-state index is 0.0299. The lowest BCUT2D eigenvalue weighted by atomic mass is 10.1. The maximum absolute atomic E-state index is 13.4. The van der Waals surface area contributed by atoms with Crippen molar-refractivity contribution in [3.63, 3.8) is 0 Å². The van der Waals surface area contributed by atoms with Gasteiger partial charge in [0.15, 0.2) is 5.96 Å². The van der Waals surface area contributed by atoms with E-state index in [9.17, 15) is 14.4 Å². The first-order chi connectivity index (χ1) is 18.0. The van der Waals surface area contributed by atoms with Crippen LogP contribution in [0, 0.1) is 0 Å². The molecule has 1 saturated heterocycles. The molecule has 1 heterocycles. The van der Waals surface area contributed by atoms with Crippen LogP contribution in [0.15, 0.2) is 4.99 Å². The van der Waals surface area contributed by atoms with Crippen LogP contribution in [0.4, 0.5) is 4.79 Å². The van der Waals surface area contributed by atoms with E-state index in [0.717, 1.165) is 19.3 Å². The van der Waals surface area contributed by atoms with Crippen LogP contribution in [-0.4, -0.2) is 66.2 Å². The van der Waals surface area contributed by atoms with Gasteiger partial charge in [0.05, 0.1) is 6.61 Å². The summed E-state index contributed by atoms with van der Waals surface area (Å²) in [5, 5.41) is 2.67. The topological polar surface area (TPSA) is 149 Å². The molecule has 2 amide bonds.